The Labute approximate surface area is 100 Å². The molecule has 0 spiro atoms. The fraction of sp³-hybridized carbons (Fsp3) is 0.500. The van der Waals surface area contributed by atoms with E-state index in [4.69, 9.17) is 5.73 Å². The van der Waals surface area contributed by atoms with Crippen LogP contribution in [0, 0.1) is 0 Å². The van der Waals surface area contributed by atoms with Gasteiger partial charge < -0.3 is 15.4 Å². The molecule has 17 heavy (non-hydrogen) atoms. The van der Waals surface area contributed by atoms with Gasteiger partial charge in [0.1, 0.15) is 11.3 Å². The Morgan fingerprint density at radius 2 is 2.06 bits per heavy atom. The van der Waals surface area contributed by atoms with Crippen LogP contribution in [0.25, 0.3) is 11.2 Å². The average molecular weight is 234 g/mol. The zero-order valence-corrected chi connectivity index (χ0v) is 10.3. The number of nitrogens with two attached hydrogens (primary N) is 1. The molecular formula is C12H18N4O. The third kappa shape index (κ3) is 2.03. The number of aliphatic hydroxyl groups excluding tert-OH is 1. The summed E-state index contributed by atoms with van der Waals surface area (Å²) in [4.78, 5) is 8.80. The molecule has 2 aromatic rings. The summed E-state index contributed by atoms with van der Waals surface area (Å²) in [5.74, 6) is 0.684. The first kappa shape index (κ1) is 12.0. The molecular weight excluding hydrogens is 216 g/mol. The maximum absolute atomic E-state index is 9.61. The number of nitrogens with zero attached hydrogens (tertiary/aromatic N) is 3. The monoisotopic (exact) mass is 234 g/mol. The van der Waals surface area contributed by atoms with Crippen molar-refractivity contribution in [2.75, 3.05) is 0 Å². The van der Waals surface area contributed by atoms with Gasteiger partial charge in [-0.05, 0) is 32.9 Å². The standard InChI is InChI=1S/C12H18N4O/c1-7(2)16-11-9(5-4-6-14-11)15-12(16)10(13)8(3)17/h4-8,10,17H,13H2,1-3H3. The molecule has 2 heterocycles. The molecule has 5 heteroatoms. The van der Waals surface area contributed by atoms with Crippen molar-refractivity contribution in [3.63, 3.8) is 0 Å². The van der Waals surface area contributed by atoms with E-state index < -0.39 is 12.1 Å². The van der Waals surface area contributed by atoms with Crippen LogP contribution in [-0.2, 0) is 0 Å². The van der Waals surface area contributed by atoms with Crippen LogP contribution in [-0.4, -0.2) is 25.7 Å². The number of fused-ring (bicyclic) bond motifs is 1. The Morgan fingerprint density at radius 3 is 2.65 bits per heavy atom. The van der Waals surface area contributed by atoms with Crippen molar-refractivity contribution >= 4 is 11.2 Å². The molecule has 0 aromatic carbocycles. The highest BCUT2D eigenvalue weighted by Gasteiger charge is 2.22. The fourth-order valence-corrected chi connectivity index (χ4v) is 1.91. The van der Waals surface area contributed by atoms with Gasteiger partial charge in [0.05, 0.1) is 12.1 Å². The minimum atomic E-state index is -0.635. The van der Waals surface area contributed by atoms with E-state index in [1.165, 1.54) is 0 Å². The number of imidazole rings is 1. The third-order valence-electron chi connectivity index (χ3n) is 2.81. The highest BCUT2D eigenvalue weighted by atomic mass is 16.3. The van der Waals surface area contributed by atoms with E-state index in [1.807, 2.05) is 30.5 Å². The average Bonchev–Trinajstić information content (AvgIpc) is 2.66. The molecule has 2 atom stereocenters. The van der Waals surface area contributed by atoms with Gasteiger partial charge in [0, 0.05) is 12.2 Å². The third-order valence-corrected chi connectivity index (χ3v) is 2.81. The van der Waals surface area contributed by atoms with Crippen LogP contribution in [0.5, 0.6) is 0 Å². The number of pyridine rings is 1. The molecule has 0 amide bonds. The largest absolute Gasteiger partial charge is 0.391 e. The molecule has 0 aliphatic carbocycles. The first-order valence-corrected chi connectivity index (χ1v) is 5.79. The number of aliphatic hydroxyl groups is 1. The normalized spacial score (nSPS) is 15.4. The maximum Gasteiger partial charge on any atom is 0.160 e. The lowest BCUT2D eigenvalue weighted by atomic mass is 10.2. The first-order chi connectivity index (χ1) is 8.02. The van der Waals surface area contributed by atoms with Crippen molar-refractivity contribution in [1.82, 2.24) is 14.5 Å². The van der Waals surface area contributed by atoms with Crippen molar-refractivity contribution in [3.05, 3.63) is 24.2 Å². The van der Waals surface area contributed by atoms with Gasteiger partial charge in [0.15, 0.2) is 5.65 Å². The highest BCUT2D eigenvalue weighted by Crippen LogP contribution is 2.23. The molecule has 0 radical (unpaired) electrons. The summed E-state index contributed by atoms with van der Waals surface area (Å²) in [7, 11) is 0. The first-order valence-electron chi connectivity index (χ1n) is 5.79. The minimum Gasteiger partial charge on any atom is -0.391 e. The maximum atomic E-state index is 9.61. The van der Waals surface area contributed by atoms with Gasteiger partial charge in [-0.25, -0.2) is 9.97 Å². The van der Waals surface area contributed by atoms with Crippen LogP contribution in [0.2, 0.25) is 0 Å². The van der Waals surface area contributed by atoms with E-state index in [9.17, 15) is 5.11 Å². The highest BCUT2D eigenvalue weighted by molar-refractivity contribution is 5.71. The Kier molecular flexibility index (Phi) is 3.13. The summed E-state index contributed by atoms with van der Waals surface area (Å²) in [5.41, 5.74) is 7.60. The second-order valence-electron chi connectivity index (χ2n) is 4.55. The van der Waals surface area contributed by atoms with Crippen LogP contribution < -0.4 is 5.73 Å². The predicted molar refractivity (Wildman–Crippen MR) is 66.5 cm³/mol. The molecule has 92 valence electrons. The van der Waals surface area contributed by atoms with Gasteiger partial charge in [0.25, 0.3) is 0 Å². The second kappa shape index (κ2) is 4.43. The predicted octanol–water partition coefficient (Wildman–Crippen LogP) is 1.39. The van der Waals surface area contributed by atoms with Crippen molar-refractivity contribution in [3.8, 4) is 0 Å². The van der Waals surface area contributed by atoms with E-state index in [2.05, 4.69) is 9.97 Å². The minimum absolute atomic E-state index is 0.203. The molecule has 2 rings (SSSR count). The molecule has 0 aliphatic rings. The molecule has 0 bridgehead atoms. The van der Waals surface area contributed by atoms with Crippen molar-refractivity contribution in [2.24, 2.45) is 5.73 Å². The Morgan fingerprint density at radius 1 is 1.35 bits per heavy atom. The Balaban J connectivity index is 2.66. The summed E-state index contributed by atoms with van der Waals surface area (Å²) < 4.78 is 1.98. The molecule has 0 saturated carbocycles. The van der Waals surface area contributed by atoms with Gasteiger partial charge in [0.2, 0.25) is 0 Å². The smallest absolute Gasteiger partial charge is 0.160 e. The molecule has 5 nitrogen and oxygen atoms in total. The van der Waals surface area contributed by atoms with Gasteiger partial charge >= 0.3 is 0 Å². The lowest BCUT2D eigenvalue weighted by Gasteiger charge is -2.18. The molecule has 0 fully saturated rings. The van der Waals surface area contributed by atoms with Gasteiger partial charge in [-0.2, -0.15) is 0 Å². The van der Waals surface area contributed by atoms with Crippen LogP contribution >= 0.6 is 0 Å². The van der Waals surface area contributed by atoms with Gasteiger partial charge in [-0.1, -0.05) is 0 Å². The van der Waals surface area contributed by atoms with E-state index in [-0.39, 0.29) is 6.04 Å². The van der Waals surface area contributed by atoms with Crippen LogP contribution in [0.15, 0.2) is 18.3 Å². The van der Waals surface area contributed by atoms with Crippen molar-refractivity contribution in [1.29, 1.82) is 0 Å². The zero-order chi connectivity index (χ0) is 12.6. The Hall–Kier alpha value is -1.46. The van der Waals surface area contributed by atoms with Crippen LogP contribution in [0.4, 0.5) is 0 Å². The lowest BCUT2D eigenvalue weighted by Crippen LogP contribution is -2.27. The van der Waals surface area contributed by atoms with Crippen LogP contribution in [0.1, 0.15) is 38.7 Å². The number of aromatic nitrogens is 3. The van der Waals surface area contributed by atoms with E-state index >= 15 is 0 Å². The molecule has 2 aromatic heterocycles. The molecule has 0 aliphatic heterocycles. The van der Waals surface area contributed by atoms with Gasteiger partial charge in [-0.15, -0.1) is 0 Å². The Bertz CT molecular complexity index is 518. The van der Waals surface area contributed by atoms with Crippen LogP contribution in [0.3, 0.4) is 0 Å². The molecule has 2 unspecified atom stereocenters. The van der Waals surface area contributed by atoms with Gasteiger partial charge in [-0.3, -0.25) is 0 Å². The second-order valence-corrected chi connectivity index (χ2v) is 4.55. The number of hydrogen-bond acceptors (Lipinski definition) is 4. The quantitative estimate of drug-likeness (QED) is 0.841. The number of hydrogen-bond donors (Lipinski definition) is 2. The van der Waals surface area contributed by atoms with E-state index in [0.29, 0.717) is 5.82 Å². The topological polar surface area (TPSA) is 77.0 Å². The summed E-state index contributed by atoms with van der Waals surface area (Å²) in [6, 6.07) is 3.46. The molecule has 0 saturated heterocycles. The molecule has 3 N–H and O–H groups in total. The SMILES string of the molecule is CC(O)C(N)c1nc2cccnc2n1C(C)C. The van der Waals surface area contributed by atoms with E-state index in [0.717, 1.165) is 11.2 Å². The van der Waals surface area contributed by atoms with Crippen molar-refractivity contribution in [2.45, 2.75) is 39.0 Å². The zero-order valence-electron chi connectivity index (χ0n) is 10.3. The van der Waals surface area contributed by atoms with E-state index in [1.54, 1.807) is 13.1 Å². The summed E-state index contributed by atoms with van der Waals surface area (Å²) >= 11 is 0. The number of rotatable bonds is 3. The van der Waals surface area contributed by atoms with Crippen molar-refractivity contribution < 1.29 is 5.11 Å². The summed E-state index contributed by atoms with van der Waals surface area (Å²) in [5, 5.41) is 9.61. The lowest BCUT2D eigenvalue weighted by molar-refractivity contribution is 0.158. The summed E-state index contributed by atoms with van der Waals surface area (Å²) in [6.45, 7) is 5.77. The fourth-order valence-electron chi connectivity index (χ4n) is 1.91. The summed E-state index contributed by atoms with van der Waals surface area (Å²) in [6.07, 6.45) is 1.10.